The number of aryl methyl sites for hydroxylation is 1. The van der Waals surface area contributed by atoms with Gasteiger partial charge in [-0.1, -0.05) is 30.3 Å². The molecule has 1 aromatic carbocycles. The molecule has 0 radical (unpaired) electrons. The van der Waals surface area contributed by atoms with Crippen molar-refractivity contribution in [1.82, 2.24) is 4.98 Å². The number of hydrogen-bond acceptors (Lipinski definition) is 3. The third-order valence-electron chi connectivity index (χ3n) is 2.08. The molecule has 0 aliphatic carbocycles. The molecular formula is C13H12N2OS. The molecule has 2 aromatic rings. The molecule has 0 bridgehead atoms. The molecule has 17 heavy (non-hydrogen) atoms. The number of carbonyl (C=O) groups excluding carboxylic acids is 1. The van der Waals surface area contributed by atoms with Crippen LogP contribution in [-0.4, -0.2) is 10.9 Å². The SMILES string of the molecule is Cc1cnc(NC(=O)C=Cc2ccccc2)s1. The van der Waals surface area contributed by atoms with Crippen LogP contribution in [0.15, 0.2) is 42.6 Å². The first-order valence-corrected chi connectivity index (χ1v) is 6.02. The smallest absolute Gasteiger partial charge is 0.250 e. The van der Waals surface area contributed by atoms with Gasteiger partial charge in [-0.05, 0) is 18.6 Å². The molecule has 0 aliphatic rings. The second kappa shape index (κ2) is 5.41. The highest BCUT2D eigenvalue weighted by Gasteiger charge is 2.01. The third kappa shape index (κ3) is 3.53. The molecular weight excluding hydrogens is 232 g/mol. The molecule has 0 saturated heterocycles. The predicted molar refractivity (Wildman–Crippen MR) is 71.0 cm³/mol. The van der Waals surface area contributed by atoms with Crippen molar-refractivity contribution in [2.75, 3.05) is 5.32 Å². The molecule has 0 fully saturated rings. The summed E-state index contributed by atoms with van der Waals surface area (Å²) in [5.74, 6) is -0.164. The van der Waals surface area contributed by atoms with Gasteiger partial charge >= 0.3 is 0 Å². The van der Waals surface area contributed by atoms with E-state index in [1.807, 2.05) is 37.3 Å². The first-order valence-electron chi connectivity index (χ1n) is 5.20. The summed E-state index contributed by atoms with van der Waals surface area (Å²) in [5.41, 5.74) is 0.998. The molecule has 86 valence electrons. The minimum Gasteiger partial charge on any atom is -0.298 e. The predicted octanol–water partition coefficient (Wildman–Crippen LogP) is 3.10. The Bertz CT molecular complexity index is 531. The van der Waals surface area contributed by atoms with Crippen molar-refractivity contribution in [3.05, 3.63) is 53.0 Å². The number of hydrogen-bond donors (Lipinski definition) is 1. The van der Waals surface area contributed by atoms with E-state index < -0.39 is 0 Å². The van der Waals surface area contributed by atoms with Crippen molar-refractivity contribution < 1.29 is 4.79 Å². The normalized spacial score (nSPS) is 10.6. The maximum Gasteiger partial charge on any atom is 0.250 e. The summed E-state index contributed by atoms with van der Waals surface area (Å²) in [6.45, 7) is 1.95. The number of carbonyl (C=O) groups is 1. The lowest BCUT2D eigenvalue weighted by atomic mass is 10.2. The van der Waals surface area contributed by atoms with Gasteiger partial charge in [0.1, 0.15) is 0 Å². The van der Waals surface area contributed by atoms with E-state index in [-0.39, 0.29) is 5.91 Å². The summed E-state index contributed by atoms with van der Waals surface area (Å²) < 4.78 is 0. The van der Waals surface area contributed by atoms with Gasteiger partial charge < -0.3 is 0 Å². The molecule has 0 saturated carbocycles. The van der Waals surface area contributed by atoms with Gasteiger partial charge in [0.05, 0.1) is 0 Å². The highest BCUT2D eigenvalue weighted by atomic mass is 32.1. The molecule has 1 aromatic heterocycles. The molecule has 1 heterocycles. The maximum absolute atomic E-state index is 11.6. The molecule has 3 nitrogen and oxygen atoms in total. The Balaban J connectivity index is 1.96. The fourth-order valence-electron chi connectivity index (χ4n) is 1.30. The van der Waals surface area contributed by atoms with Crippen LogP contribution < -0.4 is 5.32 Å². The fourth-order valence-corrected chi connectivity index (χ4v) is 1.96. The molecule has 0 spiro atoms. The first kappa shape index (κ1) is 11.5. The van der Waals surface area contributed by atoms with Gasteiger partial charge in [0.15, 0.2) is 5.13 Å². The van der Waals surface area contributed by atoms with Gasteiger partial charge in [-0.2, -0.15) is 0 Å². The lowest BCUT2D eigenvalue weighted by Gasteiger charge is -1.95. The highest BCUT2D eigenvalue weighted by Crippen LogP contribution is 2.16. The Kier molecular flexibility index (Phi) is 3.67. The van der Waals surface area contributed by atoms with Crippen molar-refractivity contribution >= 4 is 28.5 Å². The van der Waals surface area contributed by atoms with Crippen LogP contribution in [0.3, 0.4) is 0 Å². The number of rotatable bonds is 3. The Hall–Kier alpha value is -1.94. The minimum atomic E-state index is -0.164. The number of nitrogens with zero attached hydrogens (tertiary/aromatic N) is 1. The van der Waals surface area contributed by atoms with Crippen LogP contribution in [0.25, 0.3) is 6.08 Å². The number of thiazole rings is 1. The summed E-state index contributed by atoms with van der Waals surface area (Å²) in [6.07, 6.45) is 5.02. The zero-order chi connectivity index (χ0) is 12.1. The van der Waals surface area contributed by atoms with Gasteiger partial charge in [-0.15, -0.1) is 11.3 Å². The molecule has 0 atom stereocenters. The molecule has 4 heteroatoms. The van der Waals surface area contributed by atoms with E-state index >= 15 is 0 Å². The first-order chi connectivity index (χ1) is 8.24. The maximum atomic E-state index is 11.6. The Labute approximate surface area is 104 Å². The summed E-state index contributed by atoms with van der Waals surface area (Å²) in [7, 11) is 0. The number of benzene rings is 1. The minimum absolute atomic E-state index is 0.164. The van der Waals surface area contributed by atoms with E-state index in [1.165, 1.54) is 17.4 Å². The number of nitrogens with one attached hydrogen (secondary N) is 1. The van der Waals surface area contributed by atoms with E-state index in [9.17, 15) is 4.79 Å². The van der Waals surface area contributed by atoms with Gasteiger partial charge in [0.25, 0.3) is 0 Å². The van der Waals surface area contributed by atoms with Crippen LogP contribution >= 0.6 is 11.3 Å². The van der Waals surface area contributed by atoms with Gasteiger partial charge in [-0.3, -0.25) is 10.1 Å². The zero-order valence-corrected chi connectivity index (χ0v) is 10.2. The van der Waals surface area contributed by atoms with E-state index in [0.717, 1.165) is 10.4 Å². The van der Waals surface area contributed by atoms with Crippen LogP contribution in [0.2, 0.25) is 0 Å². The summed E-state index contributed by atoms with van der Waals surface area (Å²) in [5, 5.41) is 3.34. The Morgan fingerprint density at radius 2 is 2.12 bits per heavy atom. The van der Waals surface area contributed by atoms with Crippen molar-refractivity contribution in [2.24, 2.45) is 0 Å². The molecule has 2 rings (SSSR count). The topological polar surface area (TPSA) is 42.0 Å². The van der Waals surface area contributed by atoms with Gasteiger partial charge in [0.2, 0.25) is 5.91 Å². The van der Waals surface area contributed by atoms with Crippen molar-refractivity contribution in [3.8, 4) is 0 Å². The van der Waals surface area contributed by atoms with Crippen molar-refractivity contribution in [3.63, 3.8) is 0 Å². The summed E-state index contributed by atoms with van der Waals surface area (Å²) >= 11 is 1.46. The van der Waals surface area contributed by atoms with Crippen LogP contribution in [0, 0.1) is 6.92 Å². The second-order valence-corrected chi connectivity index (χ2v) is 4.74. The van der Waals surface area contributed by atoms with Crippen molar-refractivity contribution in [1.29, 1.82) is 0 Å². The summed E-state index contributed by atoms with van der Waals surface area (Å²) in [6, 6.07) is 9.69. The lowest BCUT2D eigenvalue weighted by Crippen LogP contribution is -2.06. The number of amides is 1. The fraction of sp³-hybridized carbons (Fsp3) is 0.0769. The second-order valence-electron chi connectivity index (χ2n) is 3.51. The average Bonchev–Trinajstić information content (AvgIpc) is 2.73. The van der Waals surface area contributed by atoms with E-state index in [1.54, 1.807) is 12.3 Å². The van der Waals surface area contributed by atoms with Crippen LogP contribution in [-0.2, 0) is 4.79 Å². The van der Waals surface area contributed by atoms with Gasteiger partial charge in [-0.25, -0.2) is 4.98 Å². The Morgan fingerprint density at radius 3 is 2.76 bits per heavy atom. The standard InChI is InChI=1S/C13H12N2OS/c1-10-9-14-13(17-10)15-12(16)8-7-11-5-3-2-4-6-11/h2-9H,1H3,(H,14,15,16). The number of aromatic nitrogens is 1. The molecule has 1 N–H and O–H groups in total. The molecule has 1 amide bonds. The van der Waals surface area contributed by atoms with E-state index in [2.05, 4.69) is 10.3 Å². The van der Waals surface area contributed by atoms with E-state index in [0.29, 0.717) is 5.13 Å². The Morgan fingerprint density at radius 1 is 1.35 bits per heavy atom. The third-order valence-corrected chi connectivity index (χ3v) is 2.91. The average molecular weight is 244 g/mol. The largest absolute Gasteiger partial charge is 0.298 e. The monoisotopic (exact) mass is 244 g/mol. The van der Waals surface area contributed by atoms with Gasteiger partial charge in [0, 0.05) is 17.2 Å². The quantitative estimate of drug-likeness (QED) is 0.843. The zero-order valence-electron chi connectivity index (χ0n) is 9.38. The molecule has 0 unspecified atom stereocenters. The van der Waals surface area contributed by atoms with Crippen LogP contribution in [0.5, 0.6) is 0 Å². The van der Waals surface area contributed by atoms with Crippen LogP contribution in [0.1, 0.15) is 10.4 Å². The van der Waals surface area contributed by atoms with E-state index in [4.69, 9.17) is 0 Å². The summed E-state index contributed by atoms with van der Waals surface area (Å²) in [4.78, 5) is 16.7. The number of anilines is 1. The van der Waals surface area contributed by atoms with Crippen molar-refractivity contribution in [2.45, 2.75) is 6.92 Å². The van der Waals surface area contributed by atoms with Crippen LogP contribution in [0.4, 0.5) is 5.13 Å². The molecule has 0 aliphatic heterocycles. The lowest BCUT2D eigenvalue weighted by molar-refractivity contribution is -0.111. The highest BCUT2D eigenvalue weighted by molar-refractivity contribution is 7.15.